The van der Waals surface area contributed by atoms with Crippen molar-refractivity contribution in [2.75, 3.05) is 0 Å². The smallest absolute Gasteiger partial charge is 0.303 e. The lowest BCUT2D eigenvalue weighted by molar-refractivity contribution is -0.384. The molecular weight excluding hydrogens is 396 g/mol. The molecule has 1 unspecified atom stereocenters. The van der Waals surface area contributed by atoms with Gasteiger partial charge in [0.2, 0.25) is 10.0 Å². The summed E-state index contributed by atoms with van der Waals surface area (Å²) in [5.41, 5.74) is -0.144. The van der Waals surface area contributed by atoms with Gasteiger partial charge in [-0.1, -0.05) is 12.2 Å². The zero-order valence-corrected chi connectivity index (χ0v) is 16.9. The largest absolute Gasteiger partial charge is 0.481 e. The number of carboxylic acid groups (broad SMARTS) is 1. The van der Waals surface area contributed by atoms with Crippen LogP contribution in [0.5, 0.6) is 0 Å². The summed E-state index contributed by atoms with van der Waals surface area (Å²) in [4.78, 5) is 20.8. The van der Waals surface area contributed by atoms with Gasteiger partial charge < -0.3 is 5.11 Å². The number of nitrogens with zero attached hydrogens (tertiary/aromatic N) is 1. The molecule has 2 fully saturated rings. The summed E-state index contributed by atoms with van der Waals surface area (Å²) in [7, 11) is -3.75. The third-order valence-corrected chi connectivity index (χ3v) is 7.55. The van der Waals surface area contributed by atoms with E-state index in [0.717, 1.165) is 25.7 Å². The molecule has 0 heterocycles. The van der Waals surface area contributed by atoms with E-state index in [1.807, 2.05) is 12.2 Å². The molecule has 1 aromatic rings. The van der Waals surface area contributed by atoms with Crippen molar-refractivity contribution in [1.29, 1.82) is 0 Å². The number of aliphatic carboxylic acids is 1. The van der Waals surface area contributed by atoms with Gasteiger partial charge in [0, 0.05) is 24.6 Å². The van der Waals surface area contributed by atoms with Crippen molar-refractivity contribution in [3.8, 4) is 0 Å². The fourth-order valence-electron chi connectivity index (χ4n) is 4.67. The lowest BCUT2D eigenvalue weighted by Crippen LogP contribution is -2.43. The van der Waals surface area contributed by atoms with Crippen molar-refractivity contribution >= 4 is 21.7 Å². The molecule has 158 valence electrons. The number of hydrogen-bond acceptors (Lipinski definition) is 5. The van der Waals surface area contributed by atoms with Crippen molar-refractivity contribution in [1.82, 2.24) is 4.72 Å². The minimum atomic E-state index is -3.75. The molecule has 8 nitrogen and oxygen atoms in total. The fourth-order valence-corrected chi connectivity index (χ4v) is 6.03. The molecule has 2 aliphatic rings. The molecule has 1 aromatic carbocycles. The number of nitro benzene ring substituents is 1. The van der Waals surface area contributed by atoms with Gasteiger partial charge in [0.1, 0.15) is 0 Å². The standard InChI is InChI=1S/C20H26N2O6S/c23-19(24)6-4-2-1-3-5-18-14-7-8-15(13-14)20(18)21-29(27,28)17-11-9-16(10-12-17)22(25)26/h1,3,9-12,14-15,18,20-21H,2,4-8,13H2,(H,23,24)/b3-1-/t14-,15?,18+,20+/m1/s1. The Balaban J connectivity index is 1.63. The fraction of sp³-hybridized carbons (Fsp3) is 0.550. The Labute approximate surface area is 170 Å². The number of carbonyl (C=O) groups is 1. The first-order valence-corrected chi connectivity index (χ1v) is 11.4. The van der Waals surface area contributed by atoms with E-state index in [2.05, 4.69) is 4.72 Å². The number of benzene rings is 1. The average molecular weight is 423 g/mol. The first-order valence-electron chi connectivity index (χ1n) is 9.91. The summed E-state index contributed by atoms with van der Waals surface area (Å²) in [6.07, 6.45) is 9.37. The Kier molecular flexibility index (Phi) is 6.69. The van der Waals surface area contributed by atoms with E-state index in [4.69, 9.17) is 5.11 Å². The van der Waals surface area contributed by atoms with Gasteiger partial charge in [-0.25, -0.2) is 13.1 Å². The molecule has 0 saturated heterocycles. The average Bonchev–Trinajstić information content (AvgIpc) is 3.26. The zero-order chi connectivity index (χ0) is 21.0. The molecule has 2 aliphatic carbocycles. The molecule has 0 aliphatic heterocycles. The Bertz CT molecular complexity index is 881. The summed E-state index contributed by atoms with van der Waals surface area (Å²) in [6.45, 7) is 0. The summed E-state index contributed by atoms with van der Waals surface area (Å²) in [6, 6.07) is 4.80. The minimum Gasteiger partial charge on any atom is -0.481 e. The van der Waals surface area contributed by atoms with Gasteiger partial charge in [0.15, 0.2) is 0 Å². The van der Waals surface area contributed by atoms with Crippen LogP contribution in [0.15, 0.2) is 41.3 Å². The number of non-ortho nitro benzene ring substituents is 1. The third-order valence-electron chi connectivity index (χ3n) is 6.07. The lowest BCUT2D eigenvalue weighted by atomic mass is 9.83. The van der Waals surface area contributed by atoms with Crippen LogP contribution in [-0.2, 0) is 14.8 Å². The molecule has 0 aromatic heterocycles. The number of nitro groups is 1. The monoisotopic (exact) mass is 422 g/mol. The van der Waals surface area contributed by atoms with Crippen LogP contribution in [0.3, 0.4) is 0 Å². The molecule has 2 N–H and O–H groups in total. The highest BCUT2D eigenvalue weighted by molar-refractivity contribution is 7.89. The second-order valence-electron chi connectivity index (χ2n) is 7.89. The summed E-state index contributed by atoms with van der Waals surface area (Å²) >= 11 is 0. The number of unbranched alkanes of at least 4 members (excludes halogenated alkanes) is 1. The van der Waals surface area contributed by atoms with E-state index < -0.39 is 20.9 Å². The van der Waals surface area contributed by atoms with Crippen molar-refractivity contribution < 1.29 is 23.2 Å². The first-order chi connectivity index (χ1) is 13.8. The normalized spacial score (nSPS) is 26.2. The molecule has 2 bridgehead atoms. The maximum absolute atomic E-state index is 12.8. The van der Waals surface area contributed by atoms with Crippen LogP contribution in [0.2, 0.25) is 0 Å². The molecule has 2 saturated carbocycles. The van der Waals surface area contributed by atoms with E-state index in [9.17, 15) is 23.3 Å². The van der Waals surface area contributed by atoms with E-state index >= 15 is 0 Å². The Hall–Kier alpha value is -2.26. The van der Waals surface area contributed by atoms with E-state index in [0.29, 0.717) is 24.7 Å². The second kappa shape index (κ2) is 9.04. The molecule has 29 heavy (non-hydrogen) atoms. The highest BCUT2D eigenvalue weighted by Gasteiger charge is 2.48. The van der Waals surface area contributed by atoms with Crippen LogP contribution in [0.25, 0.3) is 0 Å². The number of hydrogen-bond donors (Lipinski definition) is 2. The van der Waals surface area contributed by atoms with Gasteiger partial charge in [-0.15, -0.1) is 0 Å². The molecule has 0 radical (unpaired) electrons. The molecule has 3 rings (SSSR count). The van der Waals surface area contributed by atoms with Gasteiger partial charge >= 0.3 is 5.97 Å². The molecular formula is C20H26N2O6S. The van der Waals surface area contributed by atoms with Gasteiger partial charge in [0.05, 0.1) is 9.82 Å². The number of fused-ring (bicyclic) bond motifs is 2. The van der Waals surface area contributed by atoms with Crippen molar-refractivity contribution in [2.24, 2.45) is 17.8 Å². The number of nitrogens with one attached hydrogen (secondary N) is 1. The summed E-state index contributed by atoms with van der Waals surface area (Å²) < 4.78 is 28.5. The summed E-state index contributed by atoms with van der Waals surface area (Å²) in [5, 5.41) is 19.4. The Morgan fingerprint density at radius 3 is 2.55 bits per heavy atom. The van der Waals surface area contributed by atoms with Gasteiger partial charge in [-0.2, -0.15) is 0 Å². The first kappa shape index (κ1) is 21.4. The van der Waals surface area contributed by atoms with Crippen LogP contribution >= 0.6 is 0 Å². The van der Waals surface area contributed by atoms with Crippen LogP contribution < -0.4 is 4.72 Å². The predicted molar refractivity (Wildman–Crippen MR) is 107 cm³/mol. The number of carboxylic acids is 1. The molecule has 0 spiro atoms. The Morgan fingerprint density at radius 2 is 1.90 bits per heavy atom. The number of sulfonamides is 1. The minimum absolute atomic E-state index is 0.0360. The van der Waals surface area contributed by atoms with E-state index in [1.54, 1.807) is 0 Å². The lowest BCUT2D eigenvalue weighted by Gasteiger charge is -2.31. The topological polar surface area (TPSA) is 127 Å². The molecule has 4 atom stereocenters. The highest BCUT2D eigenvalue weighted by atomic mass is 32.2. The zero-order valence-electron chi connectivity index (χ0n) is 16.1. The van der Waals surface area contributed by atoms with E-state index in [1.165, 1.54) is 24.3 Å². The van der Waals surface area contributed by atoms with Crippen LogP contribution in [0, 0.1) is 27.9 Å². The van der Waals surface area contributed by atoms with Gasteiger partial charge in [-0.3, -0.25) is 14.9 Å². The summed E-state index contributed by atoms with van der Waals surface area (Å²) in [5.74, 6) is 0.232. The maximum atomic E-state index is 12.8. The van der Waals surface area contributed by atoms with Crippen LogP contribution in [-0.4, -0.2) is 30.5 Å². The van der Waals surface area contributed by atoms with Crippen molar-refractivity contribution in [3.05, 3.63) is 46.5 Å². The SMILES string of the molecule is O=C(O)CCC/C=C\C[C@H]1[C@@H]2CCC(C2)[C@@H]1NS(=O)(=O)c1ccc([N+](=O)[O-])cc1. The molecule has 0 amide bonds. The number of allylic oxidation sites excluding steroid dienone is 2. The quantitative estimate of drug-likeness (QED) is 0.257. The van der Waals surface area contributed by atoms with Crippen LogP contribution in [0.4, 0.5) is 5.69 Å². The number of rotatable bonds is 10. The van der Waals surface area contributed by atoms with E-state index in [-0.39, 0.29) is 29.0 Å². The van der Waals surface area contributed by atoms with Crippen LogP contribution in [0.1, 0.15) is 44.9 Å². The Morgan fingerprint density at radius 1 is 1.21 bits per heavy atom. The maximum Gasteiger partial charge on any atom is 0.303 e. The van der Waals surface area contributed by atoms with Crippen molar-refractivity contribution in [3.63, 3.8) is 0 Å². The molecule has 9 heteroatoms. The highest BCUT2D eigenvalue weighted by Crippen LogP contribution is 2.50. The second-order valence-corrected chi connectivity index (χ2v) is 9.60. The van der Waals surface area contributed by atoms with Crippen molar-refractivity contribution in [2.45, 2.75) is 55.9 Å². The predicted octanol–water partition coefficient (Wildman–Crippen LogP) is 3.49. The van der Waals surface area contributed by atoms with Gasteiger partial charge in [0.25, 0.3) is 5.69 Å². The third kappa shape index (κ3) is 5.22. The van der Waals surface area contributed by atoms with Gasteiger partial charge in [-0.05, 0) is 68.4 Å².